The average molecular weight is 254 g/mol. The van der Waals surface area contributed by atoms with Crippen molar-refractivity contribution >= 4 is 12.6 Å². The Morgan fingerprint density at radius 1 is 1.24 bits per heavy atom. The van der Waals surface area contributed by atoms with Gasteiger partial charge < -0.3 is 4.74 Å². The predicted molar refractivity (Wildman–Crippen MR) is 76.6 cm³/mol. The van der Waals surface area contributed by atoms with Gasteiger partial charge in [0.1, 0.15) is 0 Å². The van der Waals surface area contributed by atoms with E-state index < -0.39 is 0 Å². The van der Waals surface area contributed by atoms with E-state index in [-0.39, 0.29) is 0 Å². The summed E-state index contributed by atoms with van der Waals surface area (Å²) in [5, 5.41) is 0. The van der Waals surface area contributed by atoms with Crippen LogP contribution in [0.1, 0.15) is 45.4 Å². The molecular weight excluding hydrogens is 228 g/mol. The zero-order valence-corrected chi connectivity index (χ0v) is 11.9. The van der Waals surface area contributed by atoms with Gasteiger partial charge in [-0.05, 0) is 43.3 Å². The summed E-state index contributed by atoms with van der Waals surface area (Å²) in [5.74, 6) is 2.52. The molecule has 0 spiro atoms. The topological polar surface area (TPSA) is 9.23 Å². The Morgan fingerprint density at radius 2 is 1.94 bits per heavy atom. The fourth-order valence-electron chi connectivity index (χ4n) is 3.14. The van der Waals surface area contributed by atoms with Crippen LogP contribution in [0.15, 0.2) is 12.2 Å². The molecular formula is C15H26OS. The zero-order valence-electron chi connectivity index (χ0n) is 11.0. The van der Waals surface area contributed by atoms with E-state index in [0.717, 1.165) is 30.8 Å². The second-order valence-electron chi connectivity index (χ2n) is 6.06. The van der Waals surface area contributed by atoms with Gasteiger partial charge in [0.2, 0.25) is 0 Å². The first-order valence-electron chi connectivity index (χ1n) is 7.09. The molecule has 1 saturated carbocycles. The molecule has 2 rings (SSSR count). The lowest BCUT2D eigenvalue weighted by atomic mass is 9.85. The molecule has 0 aromatic rings. The van der Waals surface area contributed by atoms with E-state index in [9.17, 15) is 0 Å². The maximum atomic E-state index is 6.04. The van der Waals surface area contributed by atoms with E-state index in [0.29, 0.717) is 5.41 Å². The first-order valence-corrected chi connectivity index (χ1v) is 7.73. The average Bonchev–Trinajstić information content (AvgIpc) is 2.81. The van der Waals surface area contributed by atoms with Gasteiger partial charge in [0.25, 0.3) is 0 Å². The van der Waals surface area contributed by atoms with Crippen molar-refractivity contribution in [2.24, 2.45) is 17.3 Å². The normalized spacial score (nSPS) is 31.9. The number of hydrogen-bond donors (Lipinski definition) is 1. The molecule has 0 radical (unpaired) electrons. The molecule has 0 aromatic heterocycles. The number of allylic oxidation sites excluding steroid dienone is 2. The molecule has 98 valence electrons. The van der Waals surface area contributed by atoms with Crippen LogP contribution in [0, 0.1) is 17.3 Å². The summed E-state index contributed by atoms with van der Waals surface area (Å²) in [6, 6.07) is 0. The quantitative estimate of drug-likeness (QED) is 0.574. The molecule has 2 aliphatic carbocycles. The van der Waals surface area contributed by atoms with Crippen LogP contribution in [0.25, 0.3) is 0 Å². The van der Waals surface area contributed by atoms with E-state index in [1.807, 2.05) is 0 Å². The monoisotopic (exact) mass is 254 g/mol. The van der Waals surface area contributed by atoms with Gasteiger partial charge >= 0.3 is 0 Å². The van der Waals surface area contributed by atoms with Gasteiger partial charge in [-0.25, -0.2) is 0 Å². The Balaban J connectivity index is 1.73. The van der Waals surface area contributed by atoms with Crippen molar-refractivity contribution in [3.8, 4) is 0 Å². The SMILES string of the molecule is CC1CC=CCC1COCC1(CS)CCCC1. The Bertz CT molecular complexity index is 256. The minimum Gasteiger partial charge on any atom is -0.381 e. The molecule has 1 nitrogen and oxygen atoms in total. The first-order chi connectivity index (χ1) is 8.26. The zero-order chi connectivity index (χ0) is 12.1. The van der Waals surface area contributed by atoms with E-state index in [4.69, 9.17) is 4.74 Å². The van der Waals surface area contributed by atoms with Gasteiger partial charge in [-0.3, -0.25) is 0 Å². The Hall–Kier alpha value is 0.0500. The van der Waals surface area contributed by atoms with Crippen LogP contribution in [-0.4, -0.2) is 19.0 Å². The predicted octanol–water partition coefficient (Wildman–Crippen LogP) is 4.10. The van der Waals surface area contributed by atoms with Gasteiger partial charge in [0.05, 0.1) is 6.61 Å². The molecule has 0 heterocycles. The minimum absolute atomic E-state index is 0.400. The summed E-state index contributed by atoms with van der Waals surface area (Å²) in [6.07, 6.45) is 12.4. The Morgan fingerprint density at radius 3 is 2.59 bits per heavy atom. The smallest absolute Gasteiger partial charge is 0.0530 e. The fourth-order valence-corrected chi connectivity index (χ4v) is 3.55. The highest BCUT2D eigenvalue weighted by atomic mass is 32.1. The van der Waals surface area contributed by atoms with Crippen molar-refractivity contribution in [3.63, 3.8) is 0 Å². The summed E-state index contributed by atoms with van der Waals surface area (Å²) in [7, 11) is 0. The maximum absolute atomic E-state index is 6.04. The summed E-state index contributed by atoms with van der Waals surface area (Å²) in [5.41, 5.74) is 0.400. The van der Waals surface area contributed by atoms with Crippen LogP contribution in [-0.2, 0) is 4.74 Å². The molecule has 0 N–H and O–H groups in total. The van der Waals surface area contributed by atoms with Crippen molar-refractivity contribution < 1.29 is 4.74 Å². The van der Waals surface area contributed by atoms with Crippen molar-refractivity contribution in [1.82, 2.24) is 0 Å². The van der Waals surface area contributed by atoms with Crippen molar-refractivity contribution in [2.45, 2.75) is 45.4 Å². The van der Waals surface area contributed by atoms with Crippen LogP contribution in [0.3, 0.4) is 0 Å². The fraction of sp³-hybridized carbons (Fsp3) is 0.867. The summed E-state index contributed by atoms with van der Waals surface area (Å²) < 4.78 is 6.04. The lowest BCUT2D eigenvalue weighted by Gasteiger charge is -2.30. The van der Waals surface area contributed by atoms with Crippen LogP contribution in [0.2, 0.25) is 0 Å². The molecule has 0 amide bonds. The van der Waals surface area contributed by atoms with Crippen molar-refractivity contribution in [3.05, 3.63) is 12.2 Å². The minimum atomic E-state index is 0.400. The first kappa shape index (κ1) is 13.5. The second-order valence-corrected chi connectivity index (χ2v) is 6.38. The largest absolute Gasteiger partial charge is 0.381 e. The van der Waals surface area contributed by atoms with Gasteiger partial charge in [0, 0.05) is 12.0 Å². The molecule has 0 aliphatic heterocycles. The number of thiol groups is 1. The Labute approximate surface area is 111 Å². The number of hydrogen-bond acceptors (Lipinski definition) is 2. The van der Waals surface area contributed by atoms with Crippen LogP contribution >= 0.6 is 12.6 Å². The molecule has 0 bridgehead atoms. The summed E-state index contributed by atoms with van der Waals surface area (Å²) in [4.78, 5) is 0. The highest BCUT2D eigenvalue weighted by Gasteiger charge is 2.33. The van der Waals surface area contributed by atoms with E-state index in [1.54, 1.807) is 0 Å². The van der Waals surface area contributed by atoms with Crippen LogP contribution in [0.4, 0.5) is 0 Å². The standard InChI is InChI=1S/C15H26OS/c1-13-6-2-3-7-14(13)10-16-11-15(12-17)8-4-5-9-15/h2-3,13-14,17H,4-12H2,1H3. The molecule has 1 fully saturated rings. The molecule has 0 aromatic carbocycles. The van der Waals surface area contributed by atoms with Crippen LogP contribution < -0.4 is 0 Å². The van der Waals surface area contributed by atoms with Crippen molar-refractivity contribution in [1.29, 1.82) is 0 Å². The lowest BCUT2D eigenvalue weighted by Crippen LogP contribution is -2.28. The summed E-state index contributed by atoms with van der Waals surface area (Å²) >= 11 is 4.53. The Kier molecular flexibility index (Phi) is 4.98. The highest BCUT2D eigenvalue weighted by Crippen LogP contribution is 2.39. The molecule has 17 heavy (non-hydrogen) atoms. The maximum Gasteiger partial charge on any atom is 0.0530 e. The third kappa shape index (κ3) is 3.51. The van der Waals surface area contributed by atoms with Crippen LogP contribution in [0.5, 0.6) is 0 Å². The number of rotatable bonds is 5. The van der Waals surface area contributed by atoms with Gasteiger partial charge in [0.15, 0.2) is 0 Å². The molecule has 2 heteroatoms. The van der Waals surface area contributed by atoms with Gasteiger partial charge in [-0.2, -0.15) is 12.6 Å². The molecule has 2 unspecified atom stereocenters. The molecule has 2 atom stereocenters. The van der Waals surface area contributed by atoms with E-state index in [1.165, 1.54) is 38.5 Å². The highest BCUT2D eigenvalue weighted by molar-refractivity contribution is 7.80. The van der Waals surface area contributed by atoms with E-state index >= 15 is 0 Å². The second kappa shape index (κ2) is 6.29. The molecule has 2 aliphatic rings. The third-order valence-corrected chi connectivity index (χ3v) is 5.33. The van der Waals surface area contributed by atoms with Gasteiger partial charge in [-0.15, -0.1) is 0 Å². The van der Waals surface area contributed by atoms with Gasteiger partial charge in [-0.1, -0.05) is 31.9 Å². The van der Waals surface area contributed by atoms with E-state index in [2.05, 4.69) is 31.7 Å². The summed E-state index contributed by atoms with van der Waals surface area (Å²) in [6.45, 7) is 4.23. The third-order valence-electron chi connectivity index (χ3n) is 4.66. The molecule has 0 saturated heterocycles. The number of ether oxygens (including phenoxy) is 1. The van der Waals surface area contributed by atoms with Crippen molar-refractivity contribution in [2.75, 3.05) is 19.0 Å². The lowest BCUT2D eigenvalue weighted by molar-refractivity contribution is 0.0258.